The van der Waals surface area contributed by atoms with E-state index in [4.69, 9.17) is 14.9 Å². The third kappa shape index (κ3) is 3.39. The molecular formula is C13H15BrN2O4S. The van der Waals surface area contributed by atoms with E-state index in [0.717, 1.165) is 5.56 Å². The number of benzene rings is 1. The van der Waals surface area contributed by atoms with Gasteiger partial charge in [0.25, 0.3) is 10.0 Å². The summed E-state index contributed by atoms with van der Waals surface area (Å²) in [4.78, 5) is 0.0122. The van der Waals surface area contributed by atoms with Crippen molar-refractivity contribution in [2.45, 2.75) is 18.4 Å². The van der Waals surface area contributed by atoms with E-state index in [2.05, 4.69) is 20.7 Å². The van der Waals surface area contributed by atoms with Gasteiger partial charge in [-0.1, -0.05) is 0 Å². The standard InChI is InChI=1S/C13H15BrN2O4S/c1-8-5-9(19-2)3-4-11(8)16-21(17,18)12-6-10(7-15)20-13(12)14/h3-6,16H,7,15H2,1-2H3. The molecule has 0 radical (unpaired) electrons. The highest BCUT2D eigenvalue weighted by Crippen LogP contribution is 2.29. The zero-order chi connectivity index (χ0) is 15.6. The number of nitrogens with one attached hydrogen (secondary N) is 1. The molecular weight excluding hydrogens is 360 g/mol. The molecule has 1 heterocycles. The number of hydrogen-bond acceptors (Lipinski definition) is 5. The van der Waals surface area contributed by atoms with Crippen LogP contribution in [0.15, 0.2) is 38.2 Å². The minimum absolute atomic E-state index is 0.0122. The van der Waals surface area contributed by atoms with Crippen LogP contribution in [0.2, 0.25) is 0 Å². The highest BCUT2D eigenvalue weighted by Gasteiger charge is 2.23. The van der Waals surface area contributed by atoms with Crippen molar-refractivity contribution in [1.82, 2.24) is 0 Å². The Morgan fingerprint density at radius 1 is 1.38 bits per heavy atom. The van der Waals surface area contributed by atoms with Gasteiger partial charge in [-0.3, -0.25) is 4.72 Å². The lowest BCUT2D eigenvalue weighted by atomic mass is 10.2. The van der Waals surface area contributed by atoms with Crippen LogP contribution in [-0.4, -0.2) is 15.5 Å². The van der Waals surface area contributed by atoms with Gasteiger partial charge in [0.15, 0.2) is 4.67 Å². The van der Waals surface area contributed by atoms with Crippen LogP contribution < -0.4 is 15.2 Å². The first-order valence-corrected chi connectivity index (χ1v) is 8.30. The van der Waals surface area contributed by atoms with Gasteiger partial charge in [-0.15, -0.1) is 0 Å². The summed E-state index contributed by atoms with van der Waals surface area (Å²) < 4.78 is 37.7. The predicted octanol–water partition coefficient (Wildman–Crippen LogP) is 2.62. The van der Waals surface area contributed by atoms with Gasteiger partial charge >= 0.3 is 0 Å². The summed E-state index contributed by atoms with van der Waals surface area (Å²) in [6.07, 6.45) is 0. The Balaban J connectivity index is 2.35. The number of furan rings is 1. The SMILES string of the molecule is COc1ccc(NS(=O)(=O)c2cc(CN)oc2Br)c(C)c1. The molecule has 0 saturated heterocycles. The van der Waals surface area contributed by atoms with Gasteiger partial charge in [-0.25, -0.2) is 8.42 Å². The zero-order valence-electron chi connectivity index (χ0n) is 11.5. The second-order valence-corrected chi connectivity index (χ2v) is 6.71. The summed E-state index contributed by atoms with van der Waals surface area (Å²) in [5, 5.41) is 0. The van der Waals surface area contributed by atoms with E-state index >= 15 is 0 Å². The molecule has 0 atom stereocenters. The average molecular weight is 375 g/mol. The zero-order valence-corrected chi connectivity index (χ0v) is 13.9. The van der Waals surface area contributed by atoms with Gasteiger partial charge in [0.05, 0.1) is 19.3 Å². The topological polar surface area (TPSA) is 94.6 Å². The van der Waals surface area contributed by atoms with Crippen molar-refractivity contribution in [2.75, 3.05) is 11.8 Å². The largest absolute Gasteiger partial charge is 0.497 e. The van der Waals surface area contributed by atoms with E-state index in [1.807, 2.05) is 0 Å². The monoisotopic (exact) mass is 374 g/mol. The van der Waals surface area contributed by atoms with Crippen LogP contribution in [0, 0.1) is 6.92 Å². The fraction of sp³-hybridized carbons (Fsp3) is 0.231. The lowest BCUT2D eigenvalue weighted by molar-refractivity contribution is 0.414. The van der Waals surface area contributed by atoms with Crippen molar-refractivity contribution < 1.29 is 17.6 Å². The molecule has 0 aliphatic carbocycles. The van der Waals surface area contributed by atoms with E-state index in [0.29, 0.717) is 17.2 Å². The molecule has 21 heavy (non-hydrogen) atoms. The van der Waals surface area contributed by atoms with Crippen molar-refractivity contribution in [3.8, 4) is 5.75 Å². The quantitative estimate of drug-likeness (QED) is 0.838. The number of nitrogens with two attached hydrogens (primary N) is 1. The molecule has 0 bridgehead atoms. The van der Waals surface area contributed by atoms with Gasteiger partial charge in [-0.05, 0) is 46.6 Å². The third-order valence-electron chi connectivity index (χ3n) is 2.88. The highest BCUT2D eigenvalue weighted by molar-refractivity contribution is 9.10. The summed E-state index contributed by atoms with van der Waals surface area (Å²) in [7, 11) is -2.21. The Bertz CT molecular complexity index is 756. The first-order valence-electron chi connectivity index (χ1n) is 6.03. The van der Waals surface area contributed by atoms with Gasteiger partial charge < -0.3 is 14.9 Å². The van der Waals surface area contributed by atoms with E-state index in [-0.39, 0.29) is 16.1 Å². The van der Waals surface area contributed by atoms with E-state index in [9.17, 15) is 8.42 Å². The number of hydrogen-bond donors (Lipinski definition) is 2. The second-order valence-electron chi connectivity index (χ2n) is 4.34. The molecule has 0 amide bonds. The predicted molar refractivity (Wildman–Crippen MR) is 82.8 cm³/mol. The molecule has 0 fully saturated rings. The number of halogens is 1. The molecule has 1 aromatic heterocycles. The van der Waals surface area contributed by atoms with Crippen molar-refractivity contribution >= 4 is 31.6 Å². The lowest BCUT2D eigenvalue weighted by Crippen LogP contribution is -2.13. The minimum atomic E-state index is -3.76. The minimum Gasteiger partial charge on any atom is -0.497 e. The van der Waals surface area contributed by atoms with Crippen molar-refractivity contribution in [3.63, 3.8) is 0 Å². The molecule has 1 aromatic carbocycles. The normalized spacial score (nSPS) is 11.4. The van der Waals surface area contributed by atoms with Gasteiger partial charge in [0.1, 0.15) is 16.4 Å². The van der Waals surface area contributed by atoms with Crippen LogP contribution in [0.4, 0.5) is 5.69 Å². The van der Waals surface area contributed by atoms with Crippen LogP contribution in [-0.2, 0) is 16.6 Å². The first-order chi connectivity index (χ1) is 9.87. The Labute approximate surface area is 131 Å². The number of methoxy groups -OCH3 is 1. The Hall–Kier alpha value is -1.51. The van der Waals surface area contributed by atoms with Gasteiger partial charge in [0, 0.05) is 6.07 Å². The number of aryl methyl sites for hydroxylation is 1. The van der Waals surface area contributed by atoms with Gasteiger partial charge in [0.2, 0.25) is 0 Å². The van der Waals surface area contributed by atoms with Crippen LogP contribution in [0.5, 0.6) is 5.75 Å². The summed E-state index contributed by atoms with van der Waals surface area (Å²) in [6.45, 7) is 1.91. The molecule has 0 spiro atoms. The molecule has 2 aromatic rings. The van der Waals surface area contributed by atoms with E-state index in [1.54, 1.807) is 32.2 Å². The second kappa shape index (κ2) is 6.08. The first kappa shape index (κ1) is 15.9. The molecule has 3 N–H and O–H groups in total. The average Bonchev–Trinajstić information content (AvgIpc) is 2.83. The highest BCUT2D eigenvalue weighted by atomic mass is 79.9. The summed E-state index contributed by atoms with van der Waals surface area (Å²) in [5.74, 6) is 1.04. The maximum Gasteiger partial charge on any atom is 0.266 e. The summed E-state index contributed by atoms with van der Waals surface area (Å²) >= 11 is 3.09. The molecule has 0 unspecified atom stereocenters. The summed E-state index contributed by atoms with van der Waals surface area (Å²) in [6, 6.07) is 6.46. The Morgan fingerprint density at radius 2 is 2.10 bits per heavy atom. The van der Waals surface area contributed by atoms with Gasteiger partial charge in [-0.2, -0.15) is 0 Å². The molecule has 0 aliphatic heterocycles. The van der Waals surface area contributed by atoms with Crippen molar-refractivity contribution in [3.05, 3.63) is 40.3 Å². The molecule has 0 aliphatic rings. The van der Waals surface area contributed by atoms with E-state index < -0.39 is 10.0 Å². The van der Waals surface area contributed by atoms with Crippen LogP contribution in [0.3, 0.4) is 0 Å². The van der Waals surface area contributed by atoms with Crippen LogP contribution in [0.1, 0.15) is 11.3 Å². The van der Waals surface area contributed by atoms with Crippen molar-refractivity contribution in [1.29, 1.82) is 0 Å². The molecule has 2 rings (SSSR count). The smallest absolute Gasteiger partial charge is 0.266 e. The van der Waals surface area contributed by atoms with Crippen molar-refractivity contribution in [2.24, 2.45) is 5.73 Å². The van der Waals surface area contributed by atoms with Crippen LogP contribution >= 0.6 is 15.9 Å². The summed E-state index contributed by atoms with van der Waals surface area (Å²) in [5.41, 5.74) is 6.66. The molecule has 0 saturated carbocycles. The Morgan fingerprint density at radius 3 is 2.62 bits per heavy atom. The molecule has 6 nitrogen and oxygen atoms in total. The number of sulfonamides is 1. The fourth-order valence-corrected chi connectivity index (χ4v) is 3.89. The fourth-order valence-electron chi connectivity index (χ4n) is 1.76. The number of ether oxygens (including phenoxy) is 1. The maximum absolute atomic E-state index is 12.4. The van der Waals surface area contributed by atoms with Crippen LogP contribution in [0.25, 0.3) is 0 Å². The lowest BCUT2D eigenvalue weighted by Gasteiger charge is -2.10. The molecule has 114 valence electrons. The third-order valence-corrected chi connectivity index (χ3v) is 5.10. The number of anilines is 1. The number of rotatable bonds is 5. The van der Waals surface area contributed by atoms with E-state index in [1.165, 1.54) is 6.07 Å². The molecule has 8 heteroatoms. The Kier molecular flexibility index (Phi) is 4.60. The maximum atomic E-state index is 12.4.